The van der Waals surface area contributed by atoms with Crippen LogP contribution in [0.2, 0.25) is 0 Å². The van der Waals surface area contributed by atoms with Crippen molar-refractivity contribution in [2.45, 2.75) is 264 Å². The first-order valence-electron chi connectivity index (χ1n) is 26.9. The van der Waals surface area contributed by atoms with Crippen molar-refractivity contribution < 1.29 is 24.5 Å². The van der Waals surface area contributed by atoms with Crippen LogP contribution in [0, 0.1) is 0 Å². The summed E-state index contributed by atoms with van der Waals surface area (Å²) in [5, 5.41) is 23.8. The summed E-state index contributed by atoms with van der Waals surface area (Å²) in [5.41, 5.74) is 0. The lowest BCUT2D eigenvalue weighted by Gasteiger charge is -2.24. The average molecular weight is 892 g/mol. The highest BCUT2D eigenvalue weighted by molar-refractivity contribution is 5.77. The molecule has 0 aromatic rings. The van der Waals surface area contributed by atoms with Gasteiger partial charge < -0.3 is 20.3 Å². The second kappa shape index (κ2) is 51.0. The Morgan fingerprint density at radius 2 is 0.938 bits per heavy atom. The van der Waals surface area contributed by atoms with Crippen LogP contribution in [0.15, 0.2) is 85.1 Å². The van der Waals surface area contributed by atoms with Gasteiger partial charge in [-0.15, -0.1) is 0 Å². The molecule has 0 aromatic carbocycles. The molecular formula is C58H101NO5. The lowest BCUT2D eigenvalue weighted by molar-refractivity contribution is -0.151. The highest BCUT2D eigenvalue weighted by Gasteiger charge is 2.24. The van der Waals surface area contributed by atoms with Crippen LogP contribution in [0.25, 0.3) is 0 Å². The second-order valence-electron chi connectivity index (χ2n) is 18.0. The number of unbranched alkanes of at least 4 members (excludes halogenated alkanes) is 25. The zero-order valence-corrected chi connectivity index (χ0v) is 41.9. The fourth-order valence-corrected chi connectivity index (χ4v) is 7.79. The molecule has 0 aromatic heterocycles. The van der Waals surface area contributed by atoms with Gasteiger partial charge in [0.05, 0.1) is 25.2 Å². The van der Waals surface area contributed by atoms with E-state index in [1.807, 2.05) is 36.5 Å². The number of amides is 1. The van der Waals surface area contributed by atoms with Crippen LogP contribution in [0.4, 0.5) is 0 Å². The zero-order chi connectivity index (χ0) is 46.7. The Labute approximate surface area is 395 Å². The number of ether oxygens (including phenoxy) is 1. The van der Waals surface area contributed by atoms with Gasteiger partial charge in [-0.2, -0.15) is 0 Å². The van der Waals surface area contributed by atoms with E-state index in [0.717, 1.165) is 89.9 Å². The van der Waals surface area contributed by atoms with Crippen LogP contribution in [0.5, 0.6) is 0 Å². The average Bonchev–Trinajstić information content (AvgIpc) is 3.29. The highest BCUT2D eigenvalue weighted by Crippen LogP contribution is 2.18. The lowest BCUT2D eigenvalue weighted by Crippen LogP contribution is -2.46. The minimum atomic E-state index is -0.805. The first-order valence-corrected chi connectivity index (χ1v) is 26.9. The molecule has 0 saturated carbocycles. The Hall–Kier alpha value is -2.96. The highest BCUT2D eigenvalue weighted by atomic mass is 16.5. The molecule has 0 fully saturated rings. The normalized spacial score (nSPS) is 13.9. The topological polar surface area (TPSA) is 95.9 Å². The molecule has 3 atom stereocenters. The quantitative estimate of drug-likeness (QED) is 0.0245. The molecule has 0 aliphatic carbocycles. The summed E-state index contributed by atoms with van der Waals surface area (Å²) in [6.07, 6.45) is 66.4. The summed E-state index contributed by atoms with van der Waals surface area (Å²) in [6.45, 7) is 6.28. The predicted molar refractivity (Wildman–Crippen MR) is 278 cm³/mol. The van der Waals surface area contributed by atoms with Crippen LogP contribution in [-0.2, 0) is 14.3 Å². The molecule has 64 heavy (non-hydrogen) atoms. The fraction of sp³-hybridized carbons (Fsp3) is 0.724. The molecule has 3 N–H and O–H groups in total. The summed E-state index contributed by atoms with van der Waals surface area (Å²) >= 11 is 0. The maximum absolute atomic E-state index is 13.2. The Balaban J connectivity index is 4.68. The molecule has 6 nitrogen and oxygen atoms in total. The van der Waals surface area contributed by atoms with E-state index in [1.54, 1.807) is 0 Å². The largest absolute Gasteiger partial charge is 0.462 e. The first kappa shape index (κ1) is 61.0. The minimum absolute atomic E-state index is 0.0426. The maximum Gasteiger partial charge on any atom is 0.306 e. The van der Waals surface area contributed by atoms with Gasteiger partial charge in [-0.05, 0) is 70.6 Å². The number of rotatable bonds is 47. The first-order chi connectivity index (χ1) is 31.5. The number of aliphatic hydroxyl groups excluding tert-OH is 2. The van der Waals surface area contributed by atoms with Gasteiger partial charge in [0.1, 0.15) is 6.10 Å². The van der Waals surface area contributed by atoms with Gasteiger partial charge in [0, 0.05) is 6.42 Å². The van der Waals surface area contributed by atoms with Gasteiger partial charge in [0.15, 0.2) is 0 Å². The monoisotopic (exact) mass is 892 g/mol. The van der Waals surface area contributed by atoms with Crippen molar-refractivity contribution in [1.29, 1.82) is 0 Å². The fourth-order valence-electron chi connectivity index (χ4n) is 7.79. The van der Waals surface area contributed by atoms with Gasteiger partial charge in [0.25, 0.3) is 0 Å². The van der Waals surface area contributed by atoms with Gasteiger partial charge in [0.2, 0.25) is 5.91 Å². The molecule has 0 saturated heterocycles. The number of hydrogen-bond donors (Lipinski definition) is 3. The molecule has 0 aliphatic rings. The number of nitrogens with one attached hydrogen (secondary N) is 1. The summed E-state index contributed by atoms with van der Waals surface area (Å²) in [4.78, 5) is 26.2. The minimum Gasteiger partial charge on any atom is -0.462 e. The molecule has 0 rings (SSSR count). The number of allylic oxidation sites excluding steroid dienone is 14. The van der Waals surface area contributed by atoms with Crippen LogP contribution in [0.3, 0.4) is 0 Å². The van der Waals surface area contributed by atoms with E-state index in [9.17, 15) is 19.8 Å². The summed E-state index contributed by atoms with van der Waals surface area (Å²) in [7, 11) is 0. The van der Waals surface area contributed by atoms with E-state index < -0.39 is 18.2 Å². The number of esters is 1. The smallest absolute Gasteiger partial charge is 0.306 e. The molecule has 3 unspecified atom stereocenters. The Morgan fingerprint density at radius 3 is 1.48 bits per heavy atom. The van der Waals surface area contributed by atoms with Gasteiger partial charge in [-0.25, -0.2) is 0 Å². The Kier molecular flexibility index (Phi) is 48.7. The third kappa shape index (κ3) is 45.6. The van der Waals surface area contributed by atoms with E-state index in [2.05, 4.69) is 74.7 Å². The number of hydrogen-bond acceptors (Lipinski definition) is 5. The third-order valence-corrected chi connectivity index (χ3v) is 11.8. The SMILES string of the molecule is CC/C=C/C/C=C/CCCCCCCCCC(=O)OC(CCCCC/C=C/C=C/C=C/C=C/C=C/CCC)CC(=O)NC(CO)C(O)CCCCCCCCCCCCCCCCC. The molecule has 6 heteroatoms. The van der Waals surface area contributed by atoms with Gasteiger partial charge in [-0.1, -0.05) is 247 Å². The standard InChI is InChI=1S/C58H101NO5/c1-4-7-10-13-16-19-22-25-28-30-31-34-37-40-43-46-49-54(64-58(63)51-48-45-42-39-36-33-27-24-21-18-15-12-9-6-3)52-57(62)59-55(53-60)56(61)50-47-44-41-38-35-32-29-26-23-20-17-14-11-8-5-2/h9-10,12-13,16,18-19,21-22,25,28,30-31,34,54-56,60-61H,4-8,11,14-15,17,20,23-24,26-27,29,32-33,35-53H2,1-3H3,(H,59,62)/b12-9+,13-10+,19-16+,21-18+,25-22+,30-28+,34-31+. The molecule has 368 valence electrons. The number of aliphatic hydroxyl groups is 2. The summed E-state index contributed by atoms with van der Waals surface area (Å²) in [5.74, 6) is -0.527. The third-order valence-electron chi connectivity index (χ3n) is 11.8. The van der Waals surface area contributed by atoms with Crippen LogP contribution < -0.4 is 5.32 Å². The molecule has 0 aliphatic heterocycles. The number of carbonyl (C=O) groups excluding carboxylic acids is 2. The Morgan fingerprint density at radius 1 is 0.484 bits per heavy atom. The Bertz CT molecular complexity index is 1230. The molecule has 0 spiro atoms. The summed E-state index contributed by atoms with van der Waals surface area (Å²) in [6, 6.07) is -0.722. The molecule has 0 radical (unpaired) electrons. The van der Waals surface area contributed by atoms with Crippen molar-refractivity contribution >= 4 is 11.9 Å². The van der Waals surface area contributed by atoms with E-state index in [4.69, 9.17) is 4.74 Å². The van der Waals surface area contributed by atoms with Crippen molar-refractivity contribution in [1.82, 2.24) is 5.32 Å². The van der Waals surface area contributed by atoms with E-state index in [0.29, 0.717) is 19.3 Å². The van der Waals surface area contributed by atoms with E-state index in [-0.39, 0.29) is 24.9 Å². The zero-order valence-electron chi connectivity index (χ0n) is 41.9. The molecule has 0 heterocycles. The maximum atomic E-state index is 13.2. The van der Waals surface area contributed by atoms with E-state index in [1.165, 1.54) is 109 Å². The number of carbonyl (C=O) groups is 2. The lowest BCUT2D eigenvalue weighted by atomic mass is 10.0. The van der Waals surface area contributed by atoms with Gasteiger partial charge >= 0.3 is 5.97 Å². The molecule has 1 amide bonds. The van der Waals surface area contributed by atoms with E-state index >= 15 is 0 Å². The van der Waals surface area contributed by atoms with Gasteiger partial charge in [-0.3, -0.25) is 9.59 Å². The van der Waals surface area contributed by atoms with Crippen molar-refractivity contribution in [3.8, 4) is 0 Å². The molecule has 0 bridgehead atoms. The van der Waals surface area contributed by atoms with Crippen molar-refractivity contribution in [3.05, 3.63) is 85.1 Å². The van der Waals surface area contributed by atoms with Crippen molar-refractivity contribution in [3.63, 3.8) is 0 Å². The van der Waals surface area contributed by atoms with Crippen LogP contribution in [-0.4, -0.2) is 46.9 Å². The van der Waals surface area contributed by atoms with Crippen molar-refractivity contribution in [2.75, 3.05) is 6.61 Å². The summed E-state index contributed by atoms with van der Waals surface area (Å²) < 4.78 is 5.92. The molecular weight excluding hydrogens is 791 g/mol. The van der Waals surface area contributed by atoms with Crippen LogP contribution >= 0.6 is 0 Å². The van der Waals surface area contributed by atoms with Crippen molar-refractivity contribution in [2.24, 2.45) is 0 Å². The predicted octanol–water partition coefficient (Wildman–Crippen LogP) is 16.3. The van der Waals surface area contributed by atoms with Crippen LogP contribution in [0.1, 0.15) is 245 Å². The second-order valence-corrected chi connectivity index (χ2v) is 18.0.